The molecule has 0 heterocycles. The Kier molecular flexibility index (Phi) is 6.24. The minimum Gasteiger partial charge on any atom is -0.502 e. The number of allylic oxidation sites excluding steroid dienone is 6. The van der Waals surface area contributed by atoms with E-state index >= 15 is 8.78 Å². The van der Waals surface area contributed by atoms with Crippen molar-refractivity contribution in [3.63, 3.8) is 0 Å². The number of alkyl halides is 2. The summed E-state index contributed by atoms with van der Waals surface area (Å²) in [7, 11) is 0. The summed E-state index contributed by atoms with van der Waals surface area (Å²) in [4.78, 5) is 26.1. The van der Waals surface area contributed by atoms with Gasteiger partial charge in [0.1, 0.15) is 6.17 Å². The average Bonchev–Trinajstić information content (AvgIpc) is 3.07. The van der Waals surface area contributed by atoms with Gasteiger partial charge in [0.2, 0.25) is 5.78 Å². The zero-order valence-electron chi connectivity index (χ0n) is 20.9. The van der Waals surface area contributed by atoms with Crippen LogP contribution < -0.4 is 0 Å². The number of hydrogen-bond donors (Lipinski definition) is 2. The van der Waals surface area contributed by atoms with Crippen molar-refractivity contribution in [2.45, 2.75) is 64.4 Å². The molecular weight excluding hydrogens is 518 g/mol. The summed E-state index contributed by atoms with van der Waals surface area (Å²) in [6, 6.07) is 0. The van der Waals surface area contributed by atoms with Gasteiger partial charge in [0, 0.05) is 23.1 Å². The Morgan fingerprint density at radius 2 is 1.95 bits per heavy atom. The summed E-state index contributed by atoms with van der Waals surface area (Å²) in [6.45, 7) is 5.28. The van der Waals surface area contributed by atoms with E-state index in [1.54, 1.807) is 12.2 Å². The Bertz CT molecular complexity index is 1240. The van der Waals surface area contributed by atoms with E-state index in [0.717, 1.165) is 6.08 Å². The molecule has 0 amide bonds. The number of thiocarbonyl (C=S) groups is 2. The van der Waals surface area contributed by atoms with Gasteiger partial charge in [-0.15, -0.1) is 0 Å². The summed E-state index contributed by atoms with van der Waals surface area (Å²) in [5.74, 6) is -3.72. The Morgan fingerprint density at radius 3 is 2.59 bits per heavy atom. The topological polar surface area (TPSA) is 83.8 Å². The molecule has 37 heavy (non-hydrogen) atoms. The van der Waals surface area contributed by atoms with Crippen LogP contribution in [0, 0.1) is 34.5 Å². The molecule has 198 valence electrons. The summed E-state index contributed by atoms with van der Waals surface area (Å²) < 4.78 is 38.7. The lowest BCUT2D eigenvalue weighted by Crippen LogP contribution is -2.68. The Balaban J connectivity index is 1.56. The fourth-order valence-electron chi connectivity index (χ4n) is 8.12. The molecule has 0 radical (unpaired) electrons. The van der Waals surface area contributed by atoms with Gasteiger partial charge in [0.05, 0.1) is 17.1 Å². The van der Waals surface area contributed by atoms with Gasteiger partial charge in [-0.3, -0.25) is 4.79 Å². The molecule has 0 bridgehead atoms. The van der Waals surface area contributed by atoms with Crippen molar-refractivity contribution < 1.29 is 33.3 Å². The maximum atomic E-state index is 17.5. The molecule has 0 aliphatic heterocycles. The second-order valence-electron chi connectivity index (χ2n) is 11.6. The number of rotatable bonds is 3. The molecule has 3 saturated carbocycles. The smallest absolute Gasteiger partial charge is 0.344 e. The fourth-order valence-corrected chi connectivity index (χ4v) is 8.87. The normalized spacial score (nSPS) is 44.6. The van der Waals surface area contributed by atoms with E-state index in [-0.39, 0.29) is 40.9 Å². The van der Waals surface area contributed by atoms with E-state index in [9.17, 15) is 19.8 Å². The molecule has 2 N–H and O–H groups in total. The van der Waals surface area contributed by atoms with Crippen LogP contribution in [-0.2, 0) is 14.3 Å². The van der Waals surface area contributed by atoms with Crippen molar-refractivity contribution in [1.29, 1.82) is 0 Å². The quantitative estimate of drug-likeness (QED) is 0.371. The SMILES string of the molecule is C[C@@H]1C[C@H]2[C@H]3C[C@H](F)C4=CC(=O)C(OC(=O)C5=CC=CCC5=S)=C[C@]4(C)[C@@]3(F)[C@@H](O)C[C@]2(C)[C@@H]1C(O)=S. The Morgan fingerprint density at radius 1 is 1.24 bits per heavy atom. The Labute approximate surface area is 225 Å². The number of ether oxygens (including phenoxy) is 1. The fraction of sp³-hybridized carbons (Fsp3) is 0.571. The molecule has 0 unspecified atom stereocenters. The lowest BCUT2D eigenvalue weighted by Gasteiger charge is -2.62. The van der Waals surface area contributed by atoms with E-state index in [1.165, 1.54) is 19.1 Å². The number of halogens is 2. The largest absolute Gasteiger partial charge is 0.502 e. The van der Waals surface area contributed by atoms with Crippen molar-refractivity contribution in [1.82, 2.24) is 0 Å². The van der Waals surface area contributed by atoms with Gasteiger partial charge in [0.25, 0.3) is 0 Å². The minimum absolute atomic E-state index is 0.0184. The second kappa shape index (κ2) is 8.71. The van der Waals surface area contributed by atoms with E-state index in [1.807, 2.05) is 13.8 Å². The highest BCUT2D eigenvalue weighted by Crippen LogP contribution is 2.70. The van der Waals surface area contributed by atoms with E-state index in [0.29, 0.717) is 17.7 Å². The van der Waals surface area contributed by atoms with Crippen LogP contribution in [0.4, 0.5) is 8.78 Å². The molecule has 5 aliphatic rings. The molecule has 0 saturated heterocycles. The molecule has 0 aromatic carbocycles. The third kappa shape index (κ3) is 3.60. The van der Waals surface area contributed by atoms with Gasteiger partial charge in [-0.1, -0.05) is 38.2 Å². The number of ketones is 1. The number of fused-ring (bicyclic) bond motifs is 5. The highest BCUT2D eigenvalue weighted by atomic mass is 32.1. The first kappa shape index (κ1) is 26.5. The van der Waals surface area contributed by atoms with Gasteiger partial charge >= 0.3 is 5.97 Å². The lowest BCUT2D eigenvalue weighted by atomic mass is 9.45. The highest BCUT2D eigenvalue weighted by Gasteiger charge is 2.73. The molecule has 0 aromatic rings. The van der Waals surface area contributed by atoms with Crippen LogP contribution in [0.25, 0.3) is 0 Å². The Hall–Kier alpha value is -2.10. The number of carbonyl (C=O) groups is 2. The van der Waals surface area contributed by atoms with E-state index in [2.05, 4.69) is 0 Å². The van der Waals surface area contributed by atoms with Crippen LogP contribution in [-0.4, -0.2) is 49.8 Å². The summed E-state index contributed by atoms with van der Waals surface area (Å²) in [5.41, 5.74) is -4.71. The van der Waals surface area contributed by atoms with Crippen LogP contribution >= 0.6 is 24.4 Å². The molecule has 9 heteroatoms. The first-order valence-corrected chi connectivity index (χ1v) is 13.4. The molecule has 5 rings (SSSR count). The second-order valence-corrected chi connectivity index (χ2v) is 12.6. The van der Waals surface area contributed by atoms with Crippen molar-refractivity contribution in [3.05, 3.63) is 47.3 Å². The highest BCUT2D eigenvalue weighted by molar-refractivity contribution is 7.81. The molecule has 0 aromatic heterocycles. The van der Waals surface area contributed by atoms with Crippen LogP contribution in [0.15, 0.2) is 47.3 Å². The molecule has 9 atom stereocenters. The third-order valence-corrected chi connectivity index (χ3v) is 10.4. The molecule has 5 nitrogen and oxygen atoms in total. The van der Waals surface area contributed by atoms with Gasteiger partial charge in [0.15, 0.2) is 16.5 Å². The van der Waals surface area contributed by atoms with Crippen LogP contribution in [0.3, 0.4) is 0 Å². The molecule has 0 spiro atoms. The van der Waals surface area contributed by atoms with Gasteiger partial charge in [-0.25, -0.2) is 13.6 Å². The van der Waals surface area contributed by atoms with Gasteiger partial charge < -0.3 is 14.9 Å². The first-order chi connectivity index (χ1) is 17.3. The monoisotopic (exact) mass is 548 g/mol. The number of aliphatic hydroxyl groups is 2. The van der Waals surface area contributed by atoms with Crippen molar-refractivity contribution >= 4 is 46.1 Å². The standard InChI is InChI=1S/C28H30F2O5S2/c1-13-8-15-16-9-18(29)17-10-19(31)20(35-24(33)14-6-4-5-7-21(14)36)11-27(17,3)28(16,30)22(32)12-26(15,2)23(13)25(34)37/h4-6,10-11,13,15-16,18,22-23,32H,7-9,12H2,1-3H3,(H,34,37)/t13-,15+,16-,18+,22+,23+,26+,27+,28+/m1/s1. The van der Waals surface area contributed by atoms with E-state index < -0.39 is 58.1 Å². The minimum atomic E-state index is -2.34. The first-order valence-electron chi connectivity index (χ1n) is 12.6. The molecule has 3 fully saturated rings. The molecular formula is C28H30F2O5S2. The summed E-state index contributed by atoms with van der Waals surface area (Å²) >= 11 is 10.4. The number of esters is 1. The van der Waals surface area contributed by atoms with Crippen LogP contribution in [0.2, 0.25) is 0 Å². The van der Waals surface area contributed by atoms with E-state index in [4.69, 9.17) is 29.2 Å². The van der Waals surface area contributed by atoms with Crippen LogP contribution in [0.5, 0.6) is 0 Å². The maximum absolute atomic E-state index is 17.5. The zero-order chi connectivity index (χ0) is 27.1. The third-order valence-electron chi connectivity index (χ3n) is 9.73. The lowest BCUT2D eigenvalue weighted by molar-refractivity contribution is -0.199. The predicted molar refractivity (Wildman–Crippen MR) is 141 cm³/mol. The summed E-state index contributed by atoms with van der Waals surface area (Å²) in [5, 5.41) is 21.5. The number of carbonyl (C=O) groups excluding carboxylic acids is 2. The number of aliphatic hydroxyl groups excluding tert-OH is 2. The summed E-state index contributed by atoms with van der Waals surface area (Å²) in [6.07, 6.45) is 4.70. The van der Waals surface area contributed by atoms with Gasteiger partial charge in [-0.05, 0) is 79.5 Å². The van der Waals surface area contributed by atoms with Crippen LogP contribution in [0.1, 0.15) is 46.5 Å². The van der Waals surface area contributed by atoms with Gasteiger partial charge in [-0.2, -0.15) is 0 Å². The van der Waals surface area contributed by atoms with Crippen molar-refractivity contribution in [3.8, 4) is 0 Å². The zero-order valence-corrected chi connectivity index (χ0v) is 22.5. The van der Waals surface area contributed by atoms with Crippen molar-refractivity contribution in [2.24, 2.45) is 34.5 Å². The maximum Gasteiger partial charge on any atom is 0.344 e. The van der Waals surface area contributed by atoms with Crippen molar-refractivity contribution in [2.75, 3.05) is 0 Å². The predicted octanol–water partition coefficient (Wildman–Crippen LogP) is 5.18. The average molecular weight is 549 g/mol. The number of hydrogen-bond acceptors (Lipinski definition) is 6. The molecule has 5 aliphatic carbocycles.